The molecule has 0 aliphatic heterocycles. The molecule has 0 amide bonds. The topological polar surface area (TPSA) is 9.23 Å². The Morgan fingerprint density at radius 2 is 2.14 bits per heavy atom. The molecule has 1 nitrogen and oxygen atoms in total. The maximum absolute atomic E-state index is 5.62. The number of unbranched alkanes of at least 4 members (excludes halogenated alkanes) is 1. The maximum atomic E-state index is 5.62. The van der Waals surface area contributed by atoms with Crippen LogP contribution < -0.4 is 4.74 Å². The van der Waals surface area contributed by atoms with Gasteiger partial charge in [-0.15, -0.1) is 12.3 Å². The fraction of sp³-hybridized carbons (Fsp3) is 0.385. The minimum atomic E-state index is 0.703. The van der Waals surface area contributed by atoms with E-state index in [0.717, 1.165) is 18.6 Å². The van der Waals surface area contributed by atoms with Gasteiger partial charge in [-0.25, -0.2) is 0 Å². The first-order valence-corrected chi connectivity index (χ1v) is 4.88. The first kappa shape index (κ1) is 10.7. The van der Waals surface area contributed by atoms with E-state index in [1.54, 1.807) is 0 Å². The van der Waals surface area contributed by atoms with E-state index in [1.807, 2.05) is 12.1 Å². The van der Waals surface area contributed by atoms with Crippen LogP contribution in [-0.4, -0.2) is 6.61 Å². The molecule has 0 aromatic heterocycles. The van der Waals surface area contributed by atoms with Gasteiger partial charge in [0.05, 0.1) is 6.61 Å². The lowest BCUT2D eigenvalue weighted by Crippen LogP contribution is -1.99. The number of hydrogen-bond acceptors (Lipinski definition) is 1. The van der Waals surface area contributed by atoms with Gasteiger partial charge in [0.1, 0.15) is 5.75 Å². The molecule has 0 saturated heterocycles. The Kier molecular flexibility index (Phi) is 4.07. The molecule has 1 aromatic rings. The van der Waals surface area contributed by atoms with Gasteiger partial charge in [0, 0.05) is 6.42 Å². The van der Waals surface area contributed by atoms with E-state index in [-0.39, 0.29) is 0 Å². The third-order valence-corrected chi connectivity index (χ3v) is 2.28. The summed E-state index contributed by atoms with van der Waals surface area (Å²) in [4.78, 5) is 0. The molecule has 0 saturated carbocycles. The average molecular weight is 188 g/mol. The standard InChI is InChI=1S/C13H16O/c1-4-5-6-10-14-13-9-7-8-11(2)12(13)3/h1,7-9H,5-6,10H2,2-3H3. The van der Waals surface area contributed by atoms with Gasteiger partial charge in [-0.05, 0) is 37.5 Å². The summed E-state index contributed by atoms with van der Waals surface area (Å²) in [7, 11) is 0. The van der Waals surface area contributed by atoms with Crippen molar-refractivity contribution in [3.63, 3.8) is 0 Å². The second-order valence-electron chi connectivity index (χ2n) is 3.35. The summed E-state index contributed by atoms with van der Waals surface area (Å²) in [5.41, 5.74) is 2.48. The summed E-state index contributed by atoms with van der Waals surface area (Å²) in [6.07, 6.45) is 6.86. The highest BCUT2D eigenvalue weighted by molar-refractivity contribution is 5.38. The van der Waals surface area contributed by atoms with Crippen molar-refractivity contribution in [3.05, 3.63) is 29.3 Å². The summed E-state index contributed by atoms with van der Waals surface area (Å²) in [6, 6.07) is 6.10. The average Bonchev–Trinajstić information content (AvgIpc) is 2.19. The summed E-state index contributed by atoms with van der Waals surface area (Å²) >= 11 is 0. The summed E-state index contributed by atoms with van der Waals surface area (Å²) < 4.78 is 5.62. The molecule has 74 valence electrons. The molecular weight excluding hydrogens is 172 g/mol. The van der Waals surface area contributed by atoms with Crippen molar-refractivity contribution in [2.45, 2.75) is 26.7 Å². The van der Waals surface area contributed by atoms with E-state index in [1.165, 1.54) is 11.1 Å². The zero-order valence-corrected chi connectivity index (χ0v) is 8.84. The molecule has 0 bridgehead atoms. The highest BCUT2D eigenvalue weighted by Crippen LogP contribution is 2.20. The van der Waals surface area contributed by atoms with Crippen molar-refractivity contribution in [1.29, 1.82) is 0 Å². The second-order valence-corrected chi connectivity index (χ2v) is 3.35. The first-order valence-electron chi connectivity index (χ1n) is 4.88. The first-order chi connectivity index (χ1) is 6.75. The molecule has 0 fully saturated rings. The lowest BCUT2D eigenvalue weighted by molar-refractivity contribution is 0.310. The van der Waals surface area contributed by atoms with E-state index in [2.05, 4.69) is 25.8 Å². The van der Waals surface area contributed by atoms with E-state index in [4.69, 9.17) is 11.2 Å². The van der Waals surface area contributed by atoms with Crippen LogP contribution in [0, 0.1) is 26.2 Å². The third-order valence-electron chi connectivity index (χ3n) is 2.28. The Balaban J connectivity index is 2.51. The molecule has 0 spiro atoms. The normalized spacial score (nSPS) is 9.50. The zero-order valence-electron chi connectivity index (χ0n) is 8.84. The lowest BCUT2D eigenvalue weighted by Gasteiger charge is -2.09. The predicted octanol–water partition coefficient (Wildman–Crippen LogP) is 3.10. The van der Waals surface area contributed by atoms with Gasteiger partial charge in [0.15, 0.2) is 0 Å². The Labute approximate surface area is 86.1 Å². The zero-order chi connectivity index (χ0) is 10.4. The van der Waals surface area contributed by atoms with Gasteiger partial charge >= 0.3 is 0 Å². The molecule has 0 N–H and O–H groups in total. The van der Waals surface area contributed by atoms with Crippen LogP contribution in [0.4, 0.5) is 0 Å². The Hall–Kier alpha value is -1.42. The predicted molar refractivity (Wildman–Crippen MR) is 59.5 cm³/mol. The van der Waals surface area contributed by atoms with Crippen LogP contribution >= 0.6 is 0 Å². The second kappa shape index (κ2) is 5.34. The molecule has 0 aliphatic carbocycles. The minimum Gasteiger partial charge on any atom is -0.493 e. The van der Waals surface area contributed by atoms with Crippen LogP contribution in [0.15, 0.2) is 18.2 Å². The van der Waals surface area contributed by atoms with Crippen LogP contribution in [0.5, 0.6) is 5.75 Å². The molecule has 0 atom stereocenters. The number of benzene rings is 1. The molecule has 14 heavy (non-hydrogen) atoms. The fourth-order valence-electron chi connectivity index (χ4n) is 1.24. The van der Waals surface area contributed by atoms with Crippen LogP contribution in [0.2, 0.25) is 0 Å². The number of hydrogen-bond donors (Lipinski definition) is 0. The quantitative estimate of drug-likeness (QED) is 0.521. The van der Waals surface area contributed by atoms with Crippen molar-refractivity contribution in [2.24, 2.45) is 0 Å². The van der Waals surface area contributed by atoms with Crippen molar-refractivity contribution in [2.75, 3.05) is 6.61 Å². The SMILES string of the molecule is C#CCCCOc1cccc(C)c1C. The van der Waals surface area contributed by atoms with Gasteiger partial charge in [-0.3, -0.25) is 0 Å². The number of ether oxygens (including phenoxy) is 1. The number of aryl methyl sites for hydroxylation is 1. The van der Waals surface area contributed by atoms with E-state index in [0.29, 0.717) is 6.61 Å². The van der Waals surface area contributed by atoms with Gasteiger partial charge in [-0.1, -0.05) is 12.1 Å². The summed E-state index contributed by atoms with van der Waals surface area (Å²) in [6.45, 7) is 4.87. The number of terminal acetylenes is 1. The van der Waals surface area contributed by atoms with Crippen LogP contribution in [0.1, 0.15) is 24.0 Å². The number of rotatable bonds is 4. The van der Waals surface area contributed by atoms with Gasteiger partial charge in [0.2, 0.25) is 0 Å². The minimum absolute atomic E-state index is 0.703. The monoisotopic (exact) mass is 188 g/mol. The molecule has 0 radical (unpaired) electrons. The van der Waals surface area contributed by atoms with E-state index in [9.17, 15) is 0 Å². The van der Waals surface area contributed by atoms with Crippen molar-refractivity contribution >= 4 is 0 Å². The van der Waals surface area contributed by atoms with Gasteiger partial charge in [-0.2, -0.15) is 0 Å². The van der Waals surface area contributed by atoms with E-state index < -0.39 is 0 Å². The molecular formula is C13H16O. The summed E-state index contributed by atoms with van der Waals surface area (Å²) in [5, 5.41) is 0. The third kappa shape index (κ3) is 2.81. The molecule has 0 heterocycles. The van der Waals surface area contributed by atoms with Crippen LogP contribution in [0.25, 0.3) is 0 Å². The maximum Gasteiger partial charge on any atom is 0.122 e. The Morgan fingerprint density at radius 3 is 2.86 bits per heavy atom. The van der Waals surface area contributed by atoms with Crippen molar-refractivity contribution in [1.82, 2.24) is 0 Å². The smallest absolute Gasteiger partial charge is 0.122 e. The molecule has 0 aliphatic rings. The fourth-order valence-corrected chi connectivity index (χ4v) is 1.24. The van der Waals surface area contributed by atoms with Crippen molar-refractivity contribution in [3.8, 4) is 18.1 Å². The van der Waals surface area contributed by atoms with Crippen molar-refractivity contribution < 1.29 is 4.74 Å². The van der Waals surface area contributed by atoms with Gasteiger partial charge in [0.25, 0.3) is 0 Å². The van der Waals surface area contributed by atoms with Crippen LogP contribution in [0.3, 0.4) is 0 Å². The molecule has 1 rings (SSSR count). The van der Waals surface area contributed by atoms with E-state index >= 15 is 0 Å². The molecule has 0 unspecified atom stereocenters. The molecule has 1 heteroatoms. The van der Waals surface area contributed by atoms with Gasteiger partial charge < -0.3 is 4.74 Å². The largest absolute Gasteiger partial charge is 0.493 e. The molecule has 1 aromatic carbocycles. The Morgan fingerprint density at radius 1 is 1.36 bits per heavy atom. The Bertz CT molecular complexity index is 334. The summed E-state index contributed by atoms with van der Waals surface area (Å²) in [5.74, 6) is 3.57. The lowest BCUT2D eigenvalue weighted by atomic mass is 10.1. The highest BCUT2D eigenvalue weighted by atomic mass is 16.5. The highest BCUT2D eigenvalue weighted by Gasteiger charge is 2.00. The van der Waals surface area contributed by atoms with Crippen LogP contribution in [-0.2, 0) is 0 Å².